The van der Waals surface area contributed by atoms with Crippen LogP contribution < -0.4 is 5.32 Å². The van der Waals surface area contributed by atoms with Gasteiger partial charge in [0.25, 0.3) is 0 Å². The van der Waals surface area contributed by atoms with Gasteiger partial charge >= 0.3 is 0 Å². The second kappa shape index (κ2) is 7.32. The predicted molar refractivity (Wildman–Crippen MR) is 81.7 cm³/mol. The summed E-state index contributed by atoms with van der Waals surface area (Å²) < 4.78 is 11.8. The molecule has 0 amide bonds. The third-order valence-corrected chi connectivity index (χ3v) is 4.27. The lowest BCUT2D eigenvalue weighted by Gasteiger charge is -2.30. The summed E-state index contributed by atoms with van der Waals surface area (Å²) in [7, 11) is 0. The topological polar surface area (TPSA) is 79.7 Å². The van der Waals surface area contributed by atoms with E-state index in [1.54, 1.807) is 18.6 Å². The fourth-order valence-corrected chi connectivity index (χ4v) is 3.24. The average Bonchev–Trinajstić information content (AvgIpc) is 2.82. The summed E-state index contributed by atoms with van der Waals surface area (Å²) in [4.78, 5) is 10.5. The highest BCUT2D eigenvalue weighted by Gasteiger charge is 2.43. The Morgan fingerprint density at radius 2 is 2.41 bits per heavy atom. The second-order valence-electron chi connectivity index (χ2n) is 6.09. The van der Waals surface area contributed by atoms with Crippen molar-refractivity contribution in [2.75, 3.05) is 57.9 Å². The van der Waals surface area contributed by atoms with Crippen LogP contribution in [0.15, 0.2) is 18.6 Å². The van der Waals surface area contributed by atoms with Gasteiger partial charge in [-0.3, -0.25) is 9.88 Å². The van der Waals surface area contributed by atoms with Crippen molar-refractivity contribution in [3.8, 4) is 0 Å². The SMILES string of the molecule is OCCN1CCOC[C@@]2(C[C@@H](CNc3cnccn3)CO2)C1. The standard InChI is InChI=1S/C15H24N4O3/c20-5-3-19-4-6-21-12-15(11-19)7-13(10-22-15)8-18-14-9-16-1-2-17-14/h1-2,9,13,20H,3-8,10-12H2,(H,17,18)/t13-,15+/m0/s1. The van der Waals surface area contributed by atoms with Gasteiger partial charge in [-0.05, 0) is 6.42 Å². The van der Waals surface area contributed by atoms with Gasteiger partial charge in [0.05, 0.1) is 32.6 Å². The van der Waals surface area contributed by atoms with Gasteiger partial charge in [0.2, 0.25) is 0 Å². The molecule has 2 atom stereocenters. The summed E-state index contributed by atoms with van der Waals surface area (Å²) in [6.45, 7) is 5.42. The lowest BCUT2D eigenvalue weighted by atomic mass is 9.94. The van der Waals surface area contributed by atoms with Crippen LogP contribution in [0.3, 0.4) is 0 Å². The van der Waals surface area contributed by atoms with Crippen LogP contribution in [0.1, 0.15) is 6.42 Å². The Kier molecular flexibility index (Phi) is 5.20. The van der Waals surface area contributed by atoms with Crippen LogP contribution in [0, 0.1) is 5.92 Å². The first-order valence-corrected chi connectivity index (χ1v) is 7.84. The molecule has 0 bridgehead atoms. The molecule has 7 nitrogen and oxygen atoms in total. The molecule has 2 aliphatic heterocycles. The van der Waals surface area contributed by atoms with Crippen molar-refractivity contribution in [1.29, 1.82) is 0 Å². The molecule has 1 aromatic heterocycles. The number of ether oxygens (including phenoxy) is 2. The summed E-state index contributed by atoms with van der Waals surface area (Å²) in [5.41, 5.74) is -0.236. The van der Waals surface area contributed by atoms with Crippen LogP contribution >= 0.6 is 0 Å². The summed E-state index contributed by atoms with van der Waals surface area (Å²) >= 11 is 0. The van der Waals surface area contributed by atoms with Gasteiger partial charge in [-0.2, -0.15) is 0 Å². The maximum Gasteiger partial charge on any atom is 0.144 e. The van der Waals surface area contributed by atoms with E-state index in [9.17, 15) is 0 Å². The minimum atomic E-state index is -0.236. The van der Waals surface area contributed by atoms with E-state index in [1.165, 1.54) is 0 Å². The van der Waals surface area contributed by atoms with Crippen molar-refractivity contribution in [3.63, 3.8) is 0 Å². The zero-order chi connectivity index (χ0) is 15.3. The largest absolute Gasteiger partial charge is 0.395 e. The molecular formula is C15H24N4O3. The molecule has 2 fully saturated rings. The van der Waals surface area contributed by atoms with Crippen LogP contribution in [0.25, 0.3) is 0 Å². The van der Waals surface area contributed by atoms with Crippen molar-refractivity contribution in [2.45, 2.75) is 12.0 Å². The monoisotopic (exact) mass is 308 g/mol. The highest BCUT2D eigenvalue weighted by Crippen LogP contribution is 2.32. The molecule has 2 saturated heterocycles. The maximum atomic E-state index is 9.16. The summed E-state index contributed by atoms with van der Waals surface area (Å²) in [5.74, 6) is 1.22. The zero-order valence-corrected chi connectivity index (χ0v) is 12.8. The molecule has 1 spiro atoms. The van der Waals surface area contributed by atoms with Crippen LogP contribution in [0.5, 0.6) is 0 Å². The van der Waals surface area contributed by atoms with Crippen LogP contribution in [0.4, 0.5) is 5.82 Å². The third-order valence-electron chi connectivity index (χ3n) is 4.27. The van der Waals surface area contributed by atoms with E-state index < -0.39 is 0 Å². The molecule has 7 heteroatoms. The average molecular weight is 308 g/mol. The van der Waals surface area contributed by atoms with E-state index in [1.807, 2.05) is 0 Å². The fraction of sp³-hybridized carbons (Fsp3) is 0.733. The Bertz CT molecular complexity index is 461. The number of aromatic nitrogens is 2. The zero-order valence-electron chi connectivity index (χ0n) is 12.8. The number of β-amino-alcohol motifs (C(OH)–C–C–N with tert-alkyl or cyclic N) is 1. The number of nitrogens with zero attached hydrogens (tertiary/aromatic N) is 3. The number of aliphatic hydroxyl groups is 1. The Morgan fingerprint density at radius 3 is 3.23 bits per heavy atom. The molecule has 0 saturated carbocycles. The van der Waals surface area contributed by atoms with Crippen molar-refractivity contribution in [2.24, 2.45) is 5.92 Å². The Hall–Kier alpha value is -1.28. The quantitative estimate of drug-likeness (QED) is 0.792. The molecular weight excluding hydrogens is 284 g/mol. The summed E-state index contributed by atoms with van der Waals surface area (Å²) in [5, 5.41) is 12.5. The number of aliphatic hydroxyl groups excluding tert-OH is 1. The molecule has 0 radical (unpaired) electrons. The lowest BCUT2D eigenvalue weighted by Crippen LogP contribution is -2.45. The number of hydrogen-bond donors (Lipinski definition) is 2. The number of anilines is 1. The van der Waals surface area contributed by atoms with Gasteiger partial charge in [0, 0.05) is 44.5 Å². The Labute approximate surface area is 130 Å². The minimum Gasteiger partial charge on any atom is -0.395 e. The van der Waals surface area contributed by atoms with Gasteiger partial charge in [0.15, 0.2) is 0 Å². The second-order valence-corrected chi connectivity index (χ2v) is 6.09. The number of nitrogens with one attached hydrogen (secondary N) is 1. The first-order chi connectivity index (χ1) is 10.8. The molecule has 0 aromatic carbocycles. The van der Waals surface area contributed by atoms with Crippen LogP contribution in [0.2, 0.25) is 0 Å². The number of hydrogen-bond acceptors (Lipinski definition) is 7. The van der Waals surface area contributed by atoms with Crippen LogP contribution in [-0.2, 0) is 9.47 Å². The molecule has 2 N–H and O–H groups in total. The molecule has 22 heavy (non-hydrogen) atoms. The first kappa shape index (κ1) is 15.6. The van der Waals surface area contributed by atoms with Crippen molar-refractivity contribution >= 4 is 5.82 Å². The Morgan fingerprint density at radius 1 is 1.45 bits per heavy atom. The molecule has 122 valence electrons. The molecule has 0 aliphatic carbocycles. The van der Waals surface area contributed by atoms with Crippen LogP contribution in [-0.4, -0.2) is 78.2 Å². The molecule has 0 unspecified atom stereocenters. The highest BCUT2D eigenvalue weighted by atomic mass is 16.5. The van der Waals surface area contributed by atoms with E-state index in [2.05, 4.69) is 20.2 Å². The van der Waals surface area contributed by atoms with E-state index in [4.69, 9.17) is 14.6 Å². The van der Waals surface area contributed by atoms with Gasteiger partial charge < -0.3 is 19.9 Å². The van der Waals surface area contributed by atoms with E-state index in [0.29, 0.717) is 25.7 Å². The first-order valence-electron chi connectivity index (χ1n) is 7.84. The fourth-order valence-electron chi connectivity index (χ4n) is 3.24. The Balaban J connectivity index is 1.53. The van der Waals surface area contributed by atoms with Crippen molar-refractivity contribution in [3.05, 3.63) is 18.6 Å². The molecule has 1 aromatic rings. The smallest absolute Gasteiger partial charge is 0.144 e. The number of rotatable bonds is 5. The van der Waals surface area contributed by atoms with Gasteiger partial charge in [-0.25, -0.2) is 4.98 Å². The molecule has 3 heterocycles. The van der Waals surface area contributed by atoms with E-state index in [-0.39, 0.29) is 12.2 Å². The normalized spacial score (nSPS) is 29.6. The maximum absolute atomic E-state index is 9.16. The third kappa shape index (κ3) is 3.92. The van der Waals surface area contributed by atoms with Crippen molar-refractivity contribution in [1.82, 2.24) is 14.9 Å². The molecule has 3 rings (SSSR count). The predicted octanol–water partition coefficient (Wildman–Crippen LogP) is -0.0117. The van der Waals surface area contributed by atoms with Gasteiger partial charge in [-0.1, -0.05) is 0 Å². The van der Waals surface area contributed by atoms with Gasteiger partial charge in [-0.15, -0.1) is 0 Å². The van der Waals surface area contributed by atoms with E-state index in [0.717, 1.165) is 38.5 Å². The highest BCUT2D eigenvalue weighted by molar-refractivity contribution is 5.29. The summed E-state index contributed by atoms with van der Waals surface area (Å²) in [6, 6.07) is 0. The van der Waals surface area contributed by atoms with E-state index >= 15 is 0 Å². The minimum absolute atomic E-state index is 0.174. The van der Waals surface area contributed by atoms with Crippen molar-refractivity contribution < 1.29 is 14.6 Å². The van der Waals surface area contributed by atoms with Gasteiger partial charge in [0.1, 0.15) is 11.4 Å². The summed E-state index contributed by atoms with van der Waals surface area (Å²) in [6.07, 6.45) is 6.03. The lowest BCUT2D eigenvalue weighted by molar-refractivity contribution is -0.0563. The molecule has 2 aliphatic rings.